The zero-order valence-corrected chi connectivity index (χ0v) is 11.6. The average Bonchev–Trinajstić information content (AvgIpc) is 3.01. The van der Waals surface area contributed by atoms with Crippen molar-refractivity contribution >= 4 is 33.3 Å². The van der Waals surface area contributed by atoms with Crippen LogP contribution in [-0.2, 0) is 0 Å². The first-order chi connectivity index (χ1) is 7.65. The molecule has 1 aromatic rings. The van der Waals surface area contributed by atoms with Crippen molar-refractivity contribution in [2.24, 2.45) is 0 Å². The van der Waals surface area contributed by atoms with Crippen molar-refractivity contribution in [1.29, 1.82) is 0 Å². The van der Waals surface area contributed by atoms with Crippen molar-refractivity contribution < 1.29 is 0 Å². The van der Waals surface area contributed by atoms with Gasteiger partial charge in [-0.1, -0.05) is 28.1 Å². The molecule has 1 fully saturated rings. The van der Waals surface area contributed by atoms with Crippen LogP contribution in [0.5, 0.6) is 0 Å². The Labute approximate surface area is 110 Å². The molecule has 2 nitrogen and oxygen atoms in total. The molecule has 2 rings (SSSR count). The highest BCUT2D eigenvalue weighted by atomic mass is 79.9. The summed E-state index contributed by atoms with van der Waals surface area (Å²) >= 11 is 8.72. The van der Waals surface area contributed by atoms with Crippen LogP contribution in [0, 0.1) is 0 Å². The van der Waals surface area contributed by atoms with Crippen LogP contribution in [0.15, 0.2) is 28.7 Å². The van der Waals surface area contributed by atoms with Gasteiger partial charge in [0.2, 0.25) is 0 Å². The first-order valence-electron chi connectivity index (χ1n) is 5.47. The summed E-state index contributed by atoms with van der Waals surface area (Å²) in [5, 5.41) is 7.33. The zero-order chi connectivity index (χ0) is 11.5. The van der Waals surface area contributed by atoms with Gasteiger partial charge in [-0.25, -0.2) is 0 Å². The summed E-state index contributed by atoms with van der Waals surface area (Å²) in [4.78, 5) is 0. The fourth-order valence-corrected chi connectivity index (χ4v) is 2.27. The van der Waals surface area contributed by atoms with Gasteiger partial charge in [-0.2, -0.15) is 0 Å². The number of nitrogens with one attached hydrogen (secondary N) is 2. The van der Waals surface area contributed by atoms with Gasteiger partial charge in [0.25, 0.3) is 0 Å². The molecule has 1 saturated carbocycles. The smallest absolute Gasteiger partial charge is 0.166 e. The molecular weight excluding hydrogens is 284 g/mol. The minimum Gasteiger partial charge on any atom is -0.360 e. The molecule has 0 amide bonds. The first kappa shape index (κ1) is 11.9. The van der Waals surface area contributed by atoms with Crippen LogP contribution in [0.4, 0.5) is 0 Å². The number of rotatable bonds is 3. The molecule has 0 spiro atoms. The van der Waals surface area contributed by atoms with E-state index in [1.807, 2.05) is 12.1 Å². The van der Waals surface area contributed by atoms with E-state index in [1.165, 1.54) is 18.4 Å². The van der Waals surface area contributed by atoms with Gasteiger partial charge in [-0.05, 0) is 49.7 Å². The molecule has 1 aromatic carbocycles. The van der Waals surface area contributed by atoms with Gasteiger partial charge >= 0.3 is 0 Å². The molecule has 0 heterocycles. The highest BCUT2D eigenvalue weighted by Crippen LogP contribution is 2.20. The second kappa shape index (κ2) is 5.15. The van der Waals surface area contributed by atoms with Crippen LogP contribution in [0.1, 0.15) is 31.4 Å². The van der Waals surface area contributed by atoms with Crippen LogP contribution < -0.4 is 10.6 Å². The molecule has 0 saturated heterocycles. The molecule has 1 unspecified atom stereocenters. The standard InChI is InChI=1S/C12H15BrN2S/c1-8(9-3-2-4-10(13)7-9)14-12(16)15-11-5-6-11/h2-4,7-8,11H,5-6H2,1H3,(H2,14,15,16). The summed E-state index contributed by atoms with van der Waals surface area (Å²) in [5.41, 5.74) is 1.23. The average molecular weight is 299 g/mol. The molecule has 4 heteroatoms. The fraction of sp³-hybridized carbons (Fsp3) is 0.417. The Morgan fingerprint density at radius 3 is 2.88 bits per heavy atom. The lowest BCUT2D eigenvalue weighted by Gasteiger charge is -2.17. The Morgan fingerprint density at radius 1 is 1.50 bits per heavy atom. The third-order valence-electron chi connectivity index (χ3n) is 2.61. The normalized spacial score (nSPS) is 16.6. The summed E-state index contributed by atoms with van der Waals surface area (Å²) in [7, 11) is 0. The van der Waals surface area contributed by atoms with Crippen LogP contribution in [-0.4, -0.2) is 11.2 Å². The second-order valence-corrected chi connectivity index (χ2v) is 5.49. The number of benzene rings is 1. The van der Waals surface area contributed by atoms with Gasteiger partial charge in [0.15, 0.2) is 5.11 Å². The highest BCUT2D eigenvalue weighted by molar-refractivity contribution is 9.10. The summed E-state index contributed by atoms with van der Waals surface area (Å²) in [6, 6.07) is 9.11. The predicted molar refractivity (Wildman–Crippen MR) is 74.4 cm³/mol. The Hall–Kier alpha value is -0.610. The van der Waals surface area contributed by atoms with E-state index in [-0.39, 0.29) is 6.04 Å². The molecule has 1 aliphatic rings. The maximum Gasteiger partial charge on any atom is 0.166 e. The van der Waals surface area contributed by atoms with Crippen LogP contribution in [0.2, 0.25) is 0 Å². The number of hydrogen-bond acceptors (Lipinski definition) is 1. The minimum atomic E-state index is 0.233. The molecule has 0 bridgehead atoms. The lowest BCUT2D eigenvalue weighted by molar-refractivity contribution is 0.696. The van der Waals surface area contributed by atoms with Gasteiger partial charge in [-0.15, -0.1) is 0 Å². The topological polar surface area (TPSA) is 24.1 Å². The van der Waals surface area contributed by atoms with Gasteiger partial charge < -0.3 is 10.6 Å². The van der Waals surface area contributed by atoms with E-state index in [0.717, 1.165) is 9.59 Å². The predicted octanol–water partition coefficient (Wildman–Crippen LogP) is 3.14. The van der Waals surface area contributed by atoms with Crippen molar-refractivity contribution in [3.8, 4) is 0 Å². The monoisotopic (exact) mass is 298 g/mol. The van der Waals surface area contributed by atoms with Gasteiger partial charge in [0.05, 0.1) is 6.04 Å². The number of hydrogen-bond donors (Lipinski definition) is 2. The van der Waals surface area contributed by atoms with Gasteiger partial charge in [0, 0.05) is 10.5 Å². The van der Waals surface area contributed by atoms with E-state index in [9.17, 15) is 0 Å². The number of halogens is 1. The van der Waals surface area contributed by atoms with Gasteiger partial charge in [-0.3, -0.25) is 0 Å². The van der Waals surface area contributed by atoms with E-state index in [4.69, 9.17) is 12.2 Å². The van der Waals surface area contributed by atoms with E-state index < -0.39 is 0 Å². The number of thiocarbonyl (C=S) groups is 1. The summed E-state index contributed by atoms with van der Waals surface area (Å²) in [6.45, 7) is 2.11. The van der Waals surface area contributed by atoms with Crippen LogP contribution in [0.25, 0.3) is 0 Å². The minimum absolute atomic E-state index is 0.233. The van der Waals surface area contributed by atoms with Crippen molar-refractivity contribution in [3.05, 3.63) is 34.3 Å². The van der Waals surface area contributed by atoms with Crippen LogP contribution in [0.3, 0.4) is 0 Å². The Kier molecular flexibility index (Phi) is 3.82. The van der Waals surface area contributed by atoms with E-state index in [1.54, 1.807) is 0 Å². The SMILES string of the molecule is CC(NC(=S)NC1CC1)c1cccc(Br)c1. The molecule has 1 aliphatic carbocycles. The Morgan fingerprint density at radius 2 is 2.25 bits per heavy atom. The Balaban J connectivity index is 1.91. The largest absolute Gasteiger partial charge is 0.360 e. The molecular formula is C12H15BrN2S. The van der Waals surface area contributed by atoms with Crippen molar-refractivity contribution in [2.75, 3.05) is 0 Å². The summed E-state index contributed by atoms with van der Waals surface area (Å²) in [6.07, 6.45) is 2.49. The maximum atomic E-state index is 5.25. The maximum absolute atomic E-state index is 5.25. The lowest BCUT2D eigenvalue weighted by atomic mass is 10.1. The van der Waals surface area contributed by atoms with Crippen molar-refractivity contribution in [1.82, 2.24) is 10.6 Å². The quantitative estimate of drug-likeness (QED) is 0.839. The molecule has 16 heavy (non-hydrogen) atoms. The molecule has 2 N–H and O–H groups in total. The summed E-state index contributed by atoms with van der Waals surface area (Å²) in [5.74, 6) is 0. The summed E-state index contributed by atoms with van der Waals surface area (Å²) < 4.78 is 1.10. The van der Waals surface area contributed by atoms with E-state index in [2.05, 4.69) is 45.6 Å². The first-order valence-corrected chi connectivity index (χ1v) is 6.68. The van der Waals surface area contributed by atoms with Crippen LogP contribution >= 0.6 is 28.1 Å². The lowest BCUT2D eigenvalue weighted by Crippen LogP contribution is -2.37. The molecule has 86 valence electrons. The third kappa shape index (κ3) is 3.46. The van der Waals surface area contributed by atoms with E-state index in [0.29, 0.717) is 6.04 Å². The van der Waals surface area contributed by atoms with Crippen molar-refractivity contribution in [2.45, 2.75) is 31.8 Å². The molecule has 0 radical (unpaired) electrons. The fourth-order valence-electron chi connectivity index (χ4n) is 1.51. The van der Waals surface area contributed by atoms with Gasteiger partial charge in [0.1, 0.15) is 0 Å². The Bertz CT molecular complexity index is 390. The third-order valence-corrected chi connectivity index (χ3v) is 3.34. The zero-order valence-electron chi connectivity index (χ0n) is 9.16. The molecule has 0 aliphatic heterocycles. The molecule has 1 atom stereocenters. The second-order valence-electron chi connectivity index (χ2n) is 4.17. The highest BCUT2D eigenvalue weighted by Gasteiger charge is 2.22. The van der Waals surface area contributed by atoms with Crippen molar-refractivity contribution in [3.63, 3.8) is 0 Å². The van der Waals surface area contributed by atoms with E-state index >= 15 is 0 Å². The molecule has 0 aromatic heterocycles.